The number of carbonyl (C=O) groups excluding carboxylic acids is 1. The van der Waals surface area contributed by atoms with Crippen molar-refractivity contribution >= 4 is 39.4 Å². The number of halogens is 1. The fraction of sp³-hybridized carbons (Fsp3) is 0.125. The number of nitrogens with zero attached hydrogens (tertiary/aromatic N) is 3. The Labute approximate surface area is 208 Å². The largest absolute Gasteiger partial charge is 0.497 e. The molecule has 0 heterocycles. The van der Waals surface area contributed by atoms with Gasteiger partial charge in [0.2, 0.25) is 0 Å². The Morgan fingerprint density at radius 2 is 1.69 bits per heavy atom. The van der Waals surface area contributed by atoms with Crippen molar-refractivity contribution in [2.75, 3.05) is 24.6 Å². The first-order valence-corrected chi connectivity index (χ1v) is 12.0. The lowest BCUT2D eigenvalue weighted by Crippen LogP contribution is -2.39. The van der Waals surface area contributed by atoms with Crippen LogP contribution < -0.4 is 19.2 Å². The van der Waals surface area contributed by atoms with E-state index in [1.807, 2.05) is 6.07 Å². The number of ether oxygens (including phenoxy) is 2. The maximum Gasteiger partial charge on any atom is 0.264 e. The average molecular weight is 513 g/mol. The number of hydrogen-bond donors (Lipinski definition) is 1. The zero-order valence-corrected chi connectivity index (χ0v) is 20.2. The molecule has 0 aromatic heterocycles. The predicted molar refractivity (Wildman–Crippen MR) is 132 cm³/mol. The molecular formula is C24H21ClN4O5S. The highest BCUT2D eigenvalue weighted by Gasteiger charge is 2.27. The quantitative estimate of drug-likeness (QED) is 0.327. The second-order valence-corrected chi connectivity index (χ2v) is 9.27. The zero-order chi connectivity index (χ0) is 25.3. The number of nitrogens with one attached hydrogen (secondary N) is 1. The molecule has 180 valence electrons. The van der Waals surface area contributed by atoms with Crippen molar-refractivity contribution in [3.05, 3.63) is 83.4 Å². The van der Waals surface area contributed by atoms with Crippen LogP contribution in [0, 0.1) is 11.3 Å². The summed E-state index contributed by atoms with van der Waals surface area (Å²) in [6, 6.07) is 20.5. The molecule has 1 N–H and O–H groups in total. The highest BCUT2D eigenvalue weighted by Crippen LogP contribution is 2.26. The Kier molecular flexibility index (Phi) is 8.67. The lowest BCUT2D eigenvalue weighted by molar-refractivity contribution is -0.119. The molecule has 0 bridgehead atoms. The highest BCUT2D eigenvalue weighted by molar-refractivity contribution is 7.92. The summed E-state index contributed by atoms with van der Waals surface area (Å²) in [5.74, 6) is 0.371. The van der Waals surface area contributed by atoms with Crippen LogP contribution in [-0.4, -0.2) is 40.8 Å². The number of anilines is 1. The number of rotatable bonds is 10. The third kappa shape index (κ3) is 6.96. The Balaban J connectivity index is 1.76. The molecule has 0 fully saturated rings. The van der Waals surface area contributed by atoms with Crippen molar-refractivity contribution < 1.29 is 22.7 Å². The van der Waals surface area contributed by atoms with E-state index in [1.54, 1.807) is 24.3 Å². The molecule has 0 unspecified atom stereocenters. The number of nitriles is 1. The third-order valence-electron chi connectivity index (χ3n) is 4.64. The van der Waals surface area contributed by atoms with Gasteiger partial charge in [-0.1, -0.05) is 11.6 Å². The molecule has 9 nitrogen and oxygen atoms in total. The first-order chi connectivity index (χ1) is 16.8. The van der Waals surface area contributed by atoms with Crippen molar-refractivity contribution in [3.63, 3.8) is 0 Å². The standard InChI is InChI=1S/C24H21ClN4O5S/c1-33-21-10-12-23(13-11-21)35(31,32)29(20-6-4-19(25)5-7-20)17-24(30)28-27-16-18-2-8-22(9-3-18)34-15-14-26/h2-13,16H,15,17H2,1H3,(H,28,30)/b27-16-. The van der Waals surface area contributed by atoms with Gasteiger partial charge in [-0.25, -0.2) is 13.8 Å². The second kappa shape index (κ2) is 11.9. The van der Waals surface area contributed by atoms with Crippen LogP contribution in [0.4, 0.5) is 5.69 Å². The van der Waals surface area contributed by atoms with Gasteiger partial charge in [-0.15, -0.1) is 0 Å². The molecule has 3 rings (SSSR count). The summed E-state index contributed by atoms with van der Waals surface area (Å²) in [5.41, 5.74) is 3.26. The topological polar surface area (TPSA) is 121 Å². The zero-order valence-electron chi connectivity index (χ0n) is 18.6. The number of methoxy groups -OCH3 is 1. The molecule has 3 aromatic carbocycles. The summed E-state index contributed by atoms with van der Waals surface area (Å²) >= 11 is 5.95. The fourth-order valence-corrected chi connectivity index (χ4v) is 4.45. The number of hydrazone groups is 1. The van der Waals surface area contributed by atoms with Crippen LogP contribution in [0.25, 0.3) is 0 Å². The first-order valence-electron chi connectivity index (χ1n) is 10.2. The molecular weight excluding hydrogens is 492 g/mol. The lowest BCUT2D eigenvalue weighted by atomic mass is 10.2. The van der Waals surface area contributed by atoms with Crippen LogP contribution >= 0.6 is 11.6 Å². The van der Waals surface area contributed by atoms with Crippen LogP contribution in [0.2, 0.25) is 5.02 Å². The molecule has 0 radical (unpaired) electrons. The summed E-state index contributed by atoms with van der Waals surface area (Å²) < 4.78 is 37.9. The molecule has 11 heteroatoms. The summed E-state index contributed by atoms with van der Waals surface area (Å²) in [5, 5.41) is 12.9. The van der Waals surface area contributed by atoms with Gasteiger partial charge in [0.15, 0.2) is 6.61 Å². The lowest BCUT2D eigenvalue weighted by Gasteiger charge is -2.23. The maximum absolute atomic E-state index is 13.4. The Morgan fingerprint density at radius 3 is 2.29 bits per heavy atom. The van der Waals surface area contributed by atoms with Gasteiger partial charge >= 0.3 is 0 Å². The number of sulfonamides is 1. The van der Waals surface area contributed by atoms with Crippen molar-refractivity contribution in [2.45, 2.75) is 4.90 Å². The van der Waals surface area contributed by atoms with Crippen LogP contribution in [0.5, 0.6) is 11.5 Å². The summed E-state index contributed by atoms with van der Waals surface area (Å²) in [6.07, 6.45) is 1.40. The van der Waals surface area contributed by atoms with E-state index in [2.05, 4.69) is 10.5 Å². The van der Waals surface area contributed by atoms with Gasteiger partial charge in [0.05, 0.1) is 23.9 Å². The first kappa shape index (κ1) is 25.6. The molecule has 0 aliphatic rings. The van der Waals surface area contributed by atoms with Crippen molar-refractivity contribution in [3.8, 4) is 17.6 Å². The van der Waals surface area contributed by atoms with Crippen LogP contribution in [-0.2, 0) is 14.8 Å². The maximum atomic E-state index is 13.4. The average Bonchev–Trinajstić information content (AvgIpc) is 2.87. The Morgan fingerprint density at radius 1 is 1.06 bits per heavy atom. The van der Waals surface area contributed by atoms with Gasteiger partial charge in [0.1, 0.15) is 24.1 Å². The van der Waals surface area contributed by atoms with E-state index in [0.717, 1.165) is 4.31 Å². The van der Waals surface area contributed by atoms with E-state index in [-0.39, 0.29) is 17.2 Å². The second-order valence-electron chi connectivity index (χ2n) is 6.97. The van der Waals surface area contributed by atoms with E-state index in [4.69, 9.17) is 26.3 Å². The van der Waals surface area contributed by atoms with E-state index < -0.39 is 22.5 Å². The van der Waals surface area contributed by atoms with Crippen LogP contribution in [0.3, 0.4) is 0 Å². The van der Waals surface area contributed by atoms with Crippen molar-refractivity contribution in [1.29, 1.82) is 5.26 Å². The van der Waals surface area contributed by atoms with Crippen molar-refractivity contribution in [2.24, 2.45) is 5.10 Å². The van der Waals surface area contributed by atoms with Gasteiger partial charge in [-0.3, -0.25) is 9.10 Å². The summed E-state index contributed by atoms with van der Waals surface area (Å²) in [7, 11) is -2.61. The van der Waals surface area contributed by atoms with Crippen LogP contribution in [0.1, 0.15) is 5.56 Å². The summed E-state index contributed by atoms with van der Waals surface area (Å²) in [4.78, 5) is 12.6. The van der Waals surface area contributed by atoms with E-state index >= 15 is 0 Å². The fourth-order valence-electron chi connectivity index (χ4n) is 2.91. The van der Waals surface area contributed by atoms with Gasteiger partial charge < -0.3 is 9.47 Å². The Hall–Kier alpha value is -4.07. The minimum absolute atomic E-state index is 0.0109. The normalized spacial score (nSPS) is 11.0. The number of hydrogen-bond acceptors (Lipinski definition) is 7. The van der Waals surface area contributed by atoms with E-state index in [0.29, 0.717) is 22.1 Å². The molecule has 0 aliphatic heterocycles. The smallest absolute Gasteiger partial charge is 0.264 e. The molecule has 3 aromatic rings. The van der Waals surface area contributed by atoms with Gasteiger partial charge in [-0.2, -0.15) is 10.4 Å². The SMILES string of the molecule is COc1ccc(S(=O)(=O)N(CC(=O)N/N=C\c2ccc(OCC#N)cc2)c2ccc(Cl)cc2)cc1. The van der Waals surface area contributed by atoms with Crippen molar-refractivity contribution in [1.82, 2.24) is 5.43 Å². The van der Waals surface area contributed by atoms with E-state index in [1.165, 1.54) is 61.9 Å². The monoisotopic (exact) mass is 512 g/mol. The molecule has 0 spiro atoms. The van der Waals surface area contributed by atoms with Gasteiger partial charge in [-0.05, 0) is 78.4 Å². The van der Waals surface area contributed by atoms with Crippen LogP contribution in [0.15, 0.2) is 82.8 Å². The minimum atomic E-state index is -4.09. The van der Waals surface area contributed by atoms with E-state index in [9.17, 15) is 13.2 Å². The van der Waals surface area contributed by atoms with Gasteiger partial charge in [0, 0.05) is 5.02 Å². The summed E-state index contributed by atoms with van der Waals surface area (Å²) in [6.45, 7) is -0.582. The molecule has 1 amide bonds. The minimum Gasteiger partial charge on any atom is -0.497 e. The Bertz CT molecular complexity index is 1320. The number of benzene rings is 3. The highest BCUT2D eigenvalue weighted by atomic mass is 35.5. The predicted octanol–water partition coefficient (Wildman–Crippen LogP) is 3.60. The van der Waals surface area contributed by atoms with Gasteiger partial charge in [0.25, 0.3) is 15.9 Å². The molecule has 0 atom stereocenters. The third-order valence-corrected chi connectivity index (χ3v) is 6.68. The molecule has 0 saturated carbocycles. The molecule has 0 saturated heterocycles. The molecule has 0 aliphatic carbocycles. The number of amides is 1. The molecule has 35 heavy (non-hydrogen) atoms. The number of carbonyl (C=O) groups is 1.